The molecular weight excluding hydrogens is 322 g/mol. The summed E-state index contributed by atoms with van der Waals surface area (Å²) in [5.41, 5.74) is 2.08. The minimum absolute atomic E-state index is 0.225. The van der Waals surface area contributed by atoms with Crippen molar-refractivity contribution in [3.63, 3.8) is 0 Å². The highest BCUT2D eigenvalue weighted by Crippen LogP contribution is 2.22. The molecule has 1 aliphatic heterocycles. The molecule has 0 bridgehead atoms. The Labute approximate surface area is 123 Å². The van der Waals surface area contributed by atoms with E-state index in [4.69, 9.17) is 9.15 Å². The number of hydrogen-bond donors (Lipinski definition) is 0. The lowest BCUT2D eigenvalue weighted by atomic mass is 10.1. The molecule has 0 spiro atoms. The Hall–Kier alpha value is -2.14. The van der Waals surface area contributed by atoms with E-state index in [0.29, 0.717) is 16.3 Å². The minimum Gasteiger partial charge on any atom is -0.450 e. The minimum atomic E-state index is -0.478. The number of benzene rings is 1. The number of rotatable bonds is 2. The number of ether oxygens (including phenoxy) is 1. The molecule has 0 radical (unpaired) electrons. The predicted molar refractivity (Wildman–Crippen MR) is 78.2 cm³/mol. The van der Waals surface area contributed by atoms with Crippen LogP contribution in [0.3, 0.4) is 0 Å². The Morgan fingerprint density at radius 3 is 2.80 bits per heavy atom. The molecule has 5 heteroatoms. The lowest BCUT2D eigenvalue weighted by molar-refractivity contribution is -0.129. The molecule has 100 valence electrons. The fourth-order valence-electron chi connectivity index (χ4n) is 1.85. The van der Waals surface area contributed by atoms with Crippen molar-refractivity contribution in [1.82, 2.24) is 0 Å². The first-order chi connectivity index (χ1) is 9.61. The van der Waals surface area contributed by atoms with Crippen LogP contribution in [0.2, 0.25) is 0 Å². The van der Waals surface area contributed by atoms with Crippen LogP contribution in [0.15, 0.2) is 56.2 Å². The first-order valence-corrected chi connectivity index (χ1v) is 6.76. The summed E-state index contributed by atoms with van der Waals surface area (Å²) < 4.78 is 11.1. The second kappa shape index (κ2) is 5.09. The Kier molecular flexibility index (Phi) is 3.28. The van der Waals surface area contributed by atoms with E-state index in [0.717, 1.165) is 11.1 Å². The van der Waals surface area contributed by atoms with E-state index in [2.05, 4.69) is 20.9 Å². The highest BCUT2D eigenvalue weighted by Gasteiger charge is 2.24. The molecule has 0 saturated carbocycles. The van der Waals surface area contributed by atoms with Crippen LogP contribution in [0.25, 0.3) is 6.08 Å². The van der Waals surface area contributed by atoms with E-state index >= 15 is 0 Å². The van der Waals surface area contributed by atoms with E-state index < -0.39 is 5.97 Å². The third kappa shape index (κ3) is 2.58. The second-order valence-corrected chi connectivity index (χ2v) is 5.13. The number of furan rings is 1. The second-order valence-electron chi connectivity index (χ2n) is 4.35. The third-order valence-electron chi connectivity index (χ3n) is 2.76. The molecular formula is C15H10BrNO3. The molecule has 20 heavy (non-hydrogen) atoms. The van der Waals surface area contributed by atoms with Gasteiger partial charge in [0.2, 0.25) is 5.90 Å². The molecule has 1 aromatic carbocycles. The lowest BCUT2D eigenvalue weighted by Crippen LogP contribution is -2.05. The predicted octanol–water partition coefficient (Wildman–Crippen LogP) is 3.70. The Morgan fingerprint density at radius 1 is 1.25 bits per heavy atom. The number of aliphatic imine (C=N–C) groups is 1. The van der Waals surface area contributed by atoms with Crippen LogP contribution in [-0.2, 0) is 9.53 Å². The molecule has 0 aliphatic carbocycles. The molecule has 0 unspecified atom stereocenters. The van der Waals surface area contributed by atoms with Crippen molar-refractivity contribution >= 4 is 33.9 Å². The molecule has 0 amide bonds. The average Bonchev–Trinajstić information content (AvgIpc) is 2.97. The van der Waals surface area contributed by atoms with Crippen molar-refractivity contribution in [3.05, 3.63) is 63.7 Å². The molecule has 0 saturated heterocycles. The number of cyclic esters (lactones) is 1. The first-order valence-electron chi connectivity index (χ1n) is 5.97. The van der Waals surface area contributed by atoms with Gasteiger partial charge in [-0.15, -0.1) is 0 Å². The van der Waals surface area contributed by atoms with Gasteiger partial charge in [0, 0.05) is 11.6 Å². The summed E-state index contributed by atoms with van der Waals surface area (Å²) >= 11 is 3.21. The standard InChI is InChI=1S/C15H10BrNO3/c1-9-3-2-4-10(7-9)14-17-12(15(18)20-14)8-11-5-6-13(16)19-11/h2-8H,1H3. The fourth-order valence-corrected chi connectivity index (χ4v) is 2.17. The number of aryl methyl sites for hydroxylation is 1. The Bertz CT molecular complexity index is 743. The molecule has 0 N–H and O–H groups in total. The van der Waals surface area contributed by atoms with Gasteiger partial charge in [0.15, 0.2) is 10.4 Å². The molecule has 2 heterocycles. The normalized spacial score (nSPS) is 16.4. The van der Waals surface area contributed by atoms with E-state index in [9.17, 15) is 4.79 Å². The molecule has 0 atom stereocenters. The smallest absolute Gasteiger partial charge is 0.363 e. The van der Waals surface area contributed by atoms with Gasteiger partial charge < -0.3 is 9.15 Å². The van der Waals surface area contributed by atoms with Crippen LogP contribution in [-0.4, -0.2) is 11.9 Å². The highest BCUT2D eigenvalue weighted by molar-refractivity contribution is 9.10. The zero-order chi connectivity index (χ0) is 14.1. The van der Waals surface area contributed by atoms with Gasteiger partial charge in [-0.1, -0.05) is 17.7 Å². The lowest BCUT2D eigenvalue weighted by Gasteiger charge is -1.99. The van der Waals surface area contributed by atoms with Gasteiger partial charge in [-0.2, -0.15) is 0 Å². The van der Waals surface area contributed by atoms with Crippen molar-refractivity contribution in [1.29, 1.82) is 0 Å². The zero-order valence-corrected chi connectivity index (χ0v) is 12.2. The summed E-state index contributed by atoms with van der Waals surface area (Å²) in [6.07, 6.45) is 1.55. The maximum absolute atomic E-state index is 11.8. The van der Waals surface area contributed by atoms with Crippen LogP contribution >= 0.6 is 15.9 Å². The number of esters is 1. The van der Waals surface area contributed by atoms with Gasteiger partial charge in [0.25, 0.3) is 0 Å². The summed E-state index contributed by atoms with van der Waals surface area (Å²) in [4.78, 5) is 16.0. The number of halogens is 1. The number of hydrogen-bond acceptors (Lipinski definition) is 4. The molecule has 3 rings (SSSR count). The van der Waals surface area contributed by atoms with E-state index in [1.807, 2.05) is 31.2 Å². The van der Waals surface area contributed by atoms with Crippen LogP contribution in [0.5, 0.6) is 0 Å². The summed E-state index contributed by atoms with van der Waals surface area (Å²) in [7, 11) is 0. The van der Waals surface area contributed by atoms with Gasteiger partial charge in [-0.25, -0.2) is 9.79 Å². The molecule has 2 aromatic rings. The summed E-state index contributed by atoms with van der Waals surface area (Å²) in [6, 6.07) is 11.1. The topological polar surface area (TPSA) is 51.8 Å². The summed E-state index contributed by atoms with van der Waals surface area (Å²) in [6.45, 7) is 1.97. The van der Waals surface area contributed by atoms with Gasteiger partial charge >= 0.3 is 5.97 Å². The molecule has 0 fully saturated rings. The fraction of sp³-hybridized carbons (Fsp3) is 0.0667. The summed E-state index contributed by atoms with van der Waals surface area (Å²) in [5.74, 6) is 0.377. The van der Waals surface area contributed by atoms with Crippen LogP contribution in [0.1, 0.15) is 16.9 Å². The number of carbonyl (C=O) groups excluding carboxylic acids is 1. The van der Waals surface area contributed by atoms with Crippen molar-refractivity contribution in [2.24, 2.45) is 4.99 Å². The average molecular weight is 332 g/mol. The summed E-state index contributed by atoms with van der Waals surface area (Å²) in [5, 5.41) is 0. The monoisotopic (exact) mass is 331 g/mol. The van der Waals surface area contributed by atoms with Crippen molar-refractivity contribution < 1.29 is 13.9 Å². The van der Waals surface area contributed by atoms with Crippen molar-refractivity contribution in [2.45, 2.75) is 6.92 Å². The van der Waals surface area contributed by atoms with Crippen molar-refractivity contribution in [2.75, 3.05) is 0 Å². The van der Waals surface area contributed by atoms with Crippen LogP contribution in [0, 0.1) is 6.92 Å². The van der Waals surface area contributed by atoms with Gasteiger partial charge in [-0.3, -0.25) is 0 Å². The van der Waals surface area contributed by atoms with Crippen LogP contribution < -0.4 is 0 Å². The van der Waals surface area contributed by atoms with Gasteiger partial charge in [0.1, 0.15) is 5.76 Å². The SMILES string of the molecule is Cc1cccc(C2=NC(=Cc3ccc(Br)o3)C(=O)O2)c1. The maximum atomic E-state index is 11.8. The van der Waals surface area contributed by atoms with Crippen LogP contribution in [0.4, 0.5) is 0 Å². The highest BCUT2D eigenvalue weighted by atomic mass is 79.9. The third-order valence-corrected chi connectivity index (χ3v) is 3.18. The number of nitrogens with zero attached hydrogens (tertiary/aromatic N) is 1. The zero-order valence-electron chi connectivity index (χ0n) is 10.6. The Morgan fingerprint density at radius 2 is 2.10 bits per heavy atom. The first kappa shape index (κ1) is 12.9. The van der Waals surface area contributed by atoms with Gasteiger partial charge in [-0.05, 0) is 47.1 Å². The van der Waals surface area contributed by atoms with E-state index in [1.165, 1.54) is 0 Å². The largest absolute Gasteiger partial charge is 0.450 e. The number of carbonyl (C=O) groups is 1. The van der Waals surface area contributed by atoms with E-state index in [1.54, 1.807) is 18.2 Å². The van der Waals surface area contributed by atoms with Crippen molar-refractivity contribution in [3.8, 4) is 0 Å². The Balaban J connectivity index is 1.94. The molecule has 1 aromatic heterocycles. The molecule has 4 nitrogen and oxygen atoms in total. The molecule has 1 aliphatic rings. The van der Waals surface area contributed by atoms with E-state index in [-0.39, 0.29) is 5.70 Å². The quantitative estimate of drug-likeness (QED) is 0.622. The van der Waals surface area contributed by atoms with Gasteiger partial charge in [0.05, 0.1) is 0 Å². The maximum Gasteiger partial charge on any atom is 0.363 e.